The Morgan fingerprint density at radius 2 is 1.88 bits per heavy atom. The number of para-hydroxylation sites is 1. The minimum atomic E-state index is -3.69. The number of hydrogen-bond donors (Lipinski definition) is 1. The number of sulfonamides is 1. The predicted octanol–water partition coefficient (Wildman–Crippen LogP) is 4.01. The summed E-state index contributed by atoms with van der Waals surface area (Å²) in [4.78, 5) is 12.4. The SMILES string of the molecule is CC(C)c1ccccc1N(CC(=O)Nc1ccc(F)c(Cl)c1)S(C)(=O)=O. The topological polar surface area (TPSA) is 66.5 Å². The van der Waals surface area contributed by atoms with Gasteiger partial charge in [0.15, 0.2) is 0 Å². The van der Waals surface area contributed by atoms with E-state index in [1.165, 1.54) is 12.1 Å². The van der Waals surface area contributed by atoms with E-state index in [9.17, 15) is 17.6 Å². The Labute approximate surface area is 157 Å². The minimum absolute atomic E-state index is 0.0782. The van der Waals surface area contributed by atoms with Crippen molar-refractivity contribution in [2.24, 2.45) is 0 Å². The summed E-state index contributed by atoms with van der Waals surface area (Å²) in [6, 6.07) is 10.8. The van der Waals surface area contributed by atoms with Gasteiger partial charge in [0.25, 0.3) is 0 Å². The number of rotatable bonds is 6. The van der Waals surface area contributed by atoms with Crippen molar-refractivity contribution in [3.05, 3.63) is 58.9 Å². The molecule has 0 heterocycles. The average Bonchev–Trinajstić information content (AvgIpc) is 2.55. The van der Waals surface area contributed by atoms with Gasteiger partial charge in [0.2, 0.25) is 15.9 Å². The third kappa shape index (κ3) is 4.95. The Hall–Kier alpha value is -2.12. The molecule has 0 aromatic heterocycles. The van der Waals surface area contributed by atoms with E-state index >= 15 is 0 Å². The van der Waals surface area contributed by atoms with Gasteiger partial charge in [-0.2, -0.15) is 0 Å². The molecular weight excluding hydrogens is 379 g/mol. The molecule has 0 aliphatic rings. The predicted molar refractivity (Wildman–Crippen MR) is 103 cm³/mol. The zero-order valence-electron chi connectivity index (χ0n) is 14.7. The number of amides is 1. The summed E-state index contributed by atoms with van der Waals surface area (Å²) in [5.41, 5.74) is 1.56. The van der Waals surface area contributed by atoms with Gasteiger partial charge in [-0.1, -0.05) is 43.6 Å². The van der Waals surface area contributed by atoms with Crippen LogP contribution in [0.25, 0.3) is 0 Å². The number of nitrogens with one attached hydrogen (secondary N) is 1. The van der Waals surface area contributed by atoms with E-state index in [4.69, 9.17) is 11.6 Å². The Balaban J connectivity index is 2.29. The van der Waals surface area contributed by atoms with Gasteiger partial charge in [0, 0.05) is 5.69 Å². The first-order valence-electron chi connectivity index (χ1n) is 7.91. The van der Waals surface area contributed by atoms with Crippen LogP contribution in [0.15, 0.2) is 42.5 Å². The van der Waals surface area contributed by atoms with Crippen LogP contribution in [0.2, 0.25) is 5.02 Å². The lowest BCUT2D eigenvalue weighted by atomic mass is 10.0. The monoisotopic (exact) mass is 398 g/mol. The second-order valence-corrected chi connectivity index (χ2v) is 8.47. The highest BCUT2D eigenvalue weighted by Crippen LogP contribution is 2.29. The van der Waals surface area contributed by atoms with Gasteiger partial charge >= 0.3 is 0 Å². The molecule has 0 unspecified atom stereocenters. The molecular formula is C18H20ClFN2O3S. The summed E-state index contributed by atoms with van der Waals surface area (Å²) in [6.45, 7) is 3.48. The van der Waals surface area contributed by atoms with Crippen LogP contribution in [-0.4, -0.2) is 27.1 Å². The molecule has 0 spiro atoms. The lowest BCUT2D eigenvalue weighted by Crippen LogP contribution is -2.38. The molecule has 0 saturated carbocycles. The van der Waals surface area contributed by atoms with Crippen molar-refractivity contribution in [3.8, 4) is 0 Å². The summed E-state index contributed by atoms with van der Waals surface area (Å²) in [5, 5.41) is 2.40. The van der Waals surface area contributed by atoms with Gasteiger partial charge in [-0.25, -0.2) is 12.8 Å². The number of benzene rings is 2. The highest BCUT2D eigenvalue weighted by atomic mass is 35.5. The van der Waals surface area contributed by atoms with Gasteiger partial charge in [-0.3, -0.25) is 9.10 Å². The fourth-order valence-corrected chi connectivity index (χ4v) is 3.54. The van der Waals surface area contributed by atoms with E-state index in [-0.39, 0.29) is 16.6 Å². The van der Waals surface area contributed by atoms with Crippen molar-refractivity contribution >= 4 is 38.9 Å². The number of carbonyl (C=O) groups is 1. The van der Waals surface area contributed by atoms with Gasteiger partial charge in [-0.05, 0) is 35.7 Å². The second kappa shape index (κ2) is 8.05. The standard InChI is InChI=1S/C18H20ClFN2O3S/c1-12(2)14-6-4-5-7-17(14)22(26(3,24)25)11-18(23)21-13-8-9-16(20)15(19)10-13/h4-10,12H,11H2,1-3H3,(H,21,23). The Morgan fingerprint density at radius 3 is 2.46 bits per heavy atom. The molecule has 0 fully saturated rings. The minimum Gasteiger partial charge on any atom is -0.324 e. The van der Waals surface area contributed by atoms with Crippen LogP contribution in [0.4, 0.5) is 15.8 Å². The first-order chi connectivity index (χ1) is 12.1. The third-order valence-corrected chi connectivity index (χ3v) is 5.13. The smallest absolute Gasteiger partial charge is 0.245 e. The van der Waals surface area contributed by atoms with E-state index in [2.05, 4.69) is 5.32 Å². The maximum Gasteiger partial charge on any atom is 0.245 e. The average molecular weight is 399 g/mol. The molecule has 1 N–H and O–H groups in total. The highest BCUT2D eigenvalue weighted by Gasteiger charge is 2.24. The fraction of sp³-hybridized carbons (Fsp3) is 0.278. The van der Waals surface area contributed by atoms with E-state index in [1.807, 2.05) is 26.0 Å². The van der Waals surface area contributed by atoms with Crippen molar-refractivity contribution in [1.82, 2.24) is 0 Å². The number of nitrogens with zero attached hydrogens (tertiary/aromatic N) is 1. The van der Waals surface area contributed by atoms with Crippen molar-refractivity contribution in [2.45, 2.75) is 19.8 Å². The van der Waals surface area contributed by atoms with E-state index in [1.54, 1.807) is 12.1 Å². The molecule has 2 aromatic rings. The molecule has 0 atom stereocenters. The van der Waals surface area contributed by atoms with Crippen LogP contribution in [0.1, 0.15) is 25.3 Å². The second-order valence-electron chi connectivity index (χ2n) is 6.16. The number of carbonyl (C=O) groups excluding carboxylic acids is 1. The zero-order valence-corrected chi connectivity index (χ0v) is 16.2. The lowest BCUT2D eigenvalue weighted by Gasteiger charge is -2.25. The fourth-order valence-electron chi connectivity index (χ4n) is 2.49. The first kappa shape index (κ1) is 20.2. The van der Waals surface area contributed by atoms with Crippen molar-refractivity contribution in [1.29, 1.82) is 0 Å². The molecule has 8 heteroatoms. The van der Waals surface area contributed by atoms with Crippen LogP contribution in [0.5, 0.6) is 0 Å². The molecule has 0 saturated heterocycles. The molecule has 0 aliphatic heterocycles. The lowest BCUT2D eigenvalue weighted by molar-refractivity contribution is -0.114. The quantitative estimate of drug-likeness (QED) is 0.799. The van der Waals surface area contributed by atoms with Crippen molar-refractivity contribution in [2.75, 3.05) is 22.4 Å². The van der Waals surface area contributed by atoms with Crippen LogP contribution < -0.4 is 9.62 Å². The normalized spacial score (nSPS) is 11.5. The van der Waals surface area contributed by atoms with Gasteiger partial charge in [0.05, 0.1) is 17.0 Å². The van der Waals surface area contributed by atoms with E-state index in [0.717, 1.165) is 22.2 Å². The molecule has 5 nitrogen and oxygen atoms in total. The largest absolute Gasteiger partial charge is 0.324 e. The van der Waals surface area contributed by atoms with Crippen LogP contribution in [-0.2, 0) is 14.8 Å². The Kier molecular flexibility index (Phi) is 6.26. The van der Waals surface area contributed by atoms with Crippen LogP contribution >= 0.6 is 11.6 Å². The maximum absolute atomic E-state index is 13.2. The summed E-state index contributed by atoms with van der Waals surface area (Å²) >= 11 is 5.69. The van der Waals surface area contributed by atoms with E-state index < -0.39 is 28.3 Å². The van der Waals surface area contributed by atoms with Gasteiger partial charge in [-0.15, -0.1) is 0 Å². The molecule has 1 amide bonds. The summed E-state index contributed by atoms with van der Waals surface area (Å²) in [6.07, 6.45) is 1.05. The van der Waals surface area contributed by atoms with Gasteiger partial charge < -0.3 is 5.32 Å². The van der Waals surface area contributed by atoms with Crippen molar-refractivity contribution in [3.63, 3.8) is 0 Å². The summed E-state index contributed by atoms with van der Waals surface area (Å²) in [7, 11) is -3.69. The van der Waals surface area contributed by atoms with Crippen LogP contribution in [0.3, 0.4) is 0 Å². The molecule has 2 aromatic carbocycles. The molecule has 2 rings (SSSR count). The third-order valence-electron chi connectivity index (χ3n) is 3.72. The Bertz CT molecular complexity index is 916. The highest BCUT2D eigenvalue weighted by molar-refractivity contribution is 7.92. The van der Waals surface area contributed by atoms with Crippen molar-refractivity contribution < 1.29 is 17.6 Å². The molecule has 0 bridgehead atoms. The summed E-state index contributed by atoms with van der Waals surface area (Å²) in [5.74, 6) is -1.08. The molecule has 26 heavy (non-hydrogen) atoms. The molecule has 0 radical (unpaired) electrons. The first-order valence-corrected chi connectivity index (χ1v) is 10.1. The number of hydrogen-bond acceptors (Lipinski definition) is 3. The molecule has 140 valence electrons. The molecule has 0 aliphatic carbocycles. The van der Waals surface area contributed by atoms with Crippen LogP contribution in [0, 0.1) is 5.82 Å². The summed E-state index contributed by atoms with van der Waals surface area (Å²) < 4.78 is 38.8. The maximum atomic E-state index is 13.2. The van der Waals surface area contributed by atoms with Gasteiger partial charge in [0.1, 0.15) is 12.4 Å². The number of anilines is 2. The number of halogens is 2. The Morgan fingerprint density at radius 1 is 1.23 bits per heavy atom. The zero-order chi connectivity index (χ0) is 19.5. The van der Waals surface area contributed by atoms with E-state index in [0.29, 0.717) is 5.69 Å².